The number of nitrogens with one attached hydrogen (secondary N) is 2. The van der Waals surface area contributed by atoms with E-state index in [1.165, 1.54) is 18.2 Å². The normalized spacial score (nSPS) is 15.5. The first-order valence-corrected chi connectivity index (χ1v) is 9.94. The average Bonchev–Trinajstić information content (AvgIpc) is 3.17. The smallest absolute Gasteiger partial charge is 0.418 e. The molecule has 0 aliphatic carbocycles. The number of amides is 3. The van der Waals surface area contributed by atoms with Crippen molar-refractivity contribution in [3.8, 4) is 0 Å². The van der Waals surface area contributed by atoms with Crippen LogP contribution in [-0.2, 0) is 25.3 Å². The van der Waals surface area contributed by atoms with E-state index in [2.05, 4.69) is 5.43 Å². The van der Waals surface area contributed by atoms with Gasteiger partial charge < -0.3 is 10.1 Å². The van der Waals surface area contributed by atoms with Gasteiger partial charge in [-0.1, -0.05) is 12.1 Å². The van der Waals surface area contributed by atoms with Gasteiger partial charge in [0.2, 0.25) is 5.91 Å². The molecule has 0 spiro atoms. The lowest BCUT2D eigenvalue weighted by atomic mass is 10.1. The van der Waals surface area contributed by atoms with Crippen LogP contribution in [0.2, 0.25) is 0 Å². The standard InChI is InChI=1S/C21H17F3N4O7/c22-21(23,24)15-3-1-2-4-16(15)25-17(29)11-35-20(32)13-9-18(30)27(10-13)26-19(31)12-5-7-14(8-6-12)28(33)34/h1-8,13H,9-11H2,(H,25,29)(H,26,31)/t13-/m1/s1. The van der Waals surface area contributed by atoms with Crippen LogP contribution in [0, 0.1) is 16.0 Å². The number of nitrogens with zero attached hydrogens (tertiary/aromatic N) is 2. The van der Waals surface area contributed by atoms with Gasteiger partial charge in [-0.3, -0.25) is 39.7 Å². The Morgan fingerprint density at radius 1 is 1.11 bits per heavy atom. The van der Waals surface area contributed by atoms with E-state index in [4.69, 9.17) is 4.74 Å². The topological polar surface area (TPSA) is 148 Å². The summed E-state index contributed by atoms with van der Waals surface area (Å²) < 4.78 is 43.8. The number of nitro benzene ring substituents is 1. The van der Waals surface area contributed by atoms with E-state index in [0.717, 1.165) is 35.3 Å². The Balaban J connectivity index is 1.51. The van der Waals surface area contributed by atoms with E-state index in [0.29, 0.717) is 0 Å². The van der Waals surface area contributed by atoms with E-state index in [1.807, 2.05) is 5.32 Å². The molecule has 0 bridgehead atoms. The molecule has 1 heterocycles. The van der Waals surface area contributed by atoms with Gasteiger partial charge in [-0.05, 0) is 24.3 Å². The molecule has 2 aromatic rings. The van der Waals surface area contributed by atoms with Gasteiger partial charge in [0, 0.05) is 24.1 Å². The second-order valence-electron chi connectivity index (χ2n) is 7.35. The van der Waals surface area contributed by atoms with Gasteiger partial charge in [0.05, 0.1) is 28.6 Å². The number of ether oxygens (including phenoxy) is 1. The lowest BCUT2D eigenvalue weighted by molar-refractivity contribution is -0.384. The molecular formula is C21H17F3N4O7. The largest absolute Gasteiger partial charge is 0.455 e. The third-order valence-corrected chi connectivity index (χ3v) is 4.89. The van der Waals surface area contributed by atoms with Gasteiger partial charge in [-0.15, -0.1) is 0 Å². The van der Waals surface area contributed by atoms with Crippen LogP contribution in [0.25, 0.3) is 0 Å². The molecule has 0 aromatic heterocycles. The Bertz CT molecular complexity index is 1170. The molecule has 1 aliphatic heterocycles. The Morgan fingerprint density at radius 3 is 2.40 bits per heavy atom. The Morgan fingerprint density at radius 2 is 1.77 bits per heavy atom. The van der Waals surface area contributed by atoms with Crippen molar-refractivity contribution in [2.45, 2.75) is 12.6 Å². The van der Waals surface area contributed by atoms with Crippen LogP contribution in [0.1, 0.15) is 22.3 Å². The predicted molar refractivity (Wildman–Crippen MR) is 111 cm³/mol. The Labute approximate surface area is 195 Å². The van der Waals surface area contributed by atoms with E-state index in [1.54, 1.807) is 0 Å². The summed E-state index contributed by atoms with van der Waals surface area (Å²) in [5.41, 5.74) is 0.510. The number of hydrogen-bond donors (Lipinski definition) is 2. The number of esters is 1. The van der Waals surface area contributed by atoms with Crippen LogP contribution < -0.4 is 10.7 Å². The van der Waals surface area contributed by atoms with E-state index >= 15 is 0 Å². The Hall–Kier alpha value is -4.49. The molecule has 184 valence electrons. The minimum Gasteiger partial charge on any atom is -0.455 e. The third kappa shape index (κ3) is 6.31. The fraction of sp³-hybridized carbons (Fsp3) is 0.238. The zero-order chi connectivity index (χ0) is 25.8. The second-order valence-corrected chi connectivity index (χ2v) is 7.35. The highest BCUT2D eigenvalue weighted by molar-refractivity contribution is 5.97. The first kappa shape index (κ1) is 25.1. The Kier molecular flexibility index (Phi) is 7.32. The minimum absolute atomic E-state index is 0.0326. The molecular weight excluding hydrogens is 477 g/mol. The third-order valence-electron chi connectivity index (χ3n) is 4.89. The molecule has 1 fully saturated rings. The van der Waals surface area contributed by atoms with Crippen molar-refractivity contribution >= 4 is 35.1 Å². The van der Waals surface area contributed by atoms with Crippen LogP contribution in [-0.4, -0.2) is 46.8 Å². The molecule has 11 nitrogen and oxygen atoms in total. The first-order valence-electron chi connectivity index (χ1n) is 9.94. The van der Waals surface area contributed by atoms with Crippen molar-refractivity contribution in [2.24, 2.45) is 5.92 Å². The van der Waals surface area contributed by atoms with Crippen molar-refractivity contribution in [3.05, 3.63) is 69.8 Å². The fourth-order valence-electron chi connectivity index (χ4n) is 3.18. The fourth-order valence-corrected chi connectivity index (χ4v) is 3.18. The highest BCUT2D eigenvalue weighted by Crippen LogP contribution is 2.34. The summed E-state index contributed by atoms with van der Waals surface area (Å²) >= 11 is 0. The van der Waals surface area contributed by atoms with E-state index < -0.39 is 58.6 Å². The number of carbonyl (C=O) groups is 4. The van der Waals surface area contributed by atoms with Crippen LogP contribution in [0.15, 0.2) is 48.5 Å². The highest BCUT2D eigenvalue weighted by Gasteiger charge is 2.37. The zero-order valence-corrected chi connectivity index (χ0v) is 17.7. The number of halogens is 3. The molecule has 3 rings (SSSR count). The number of para-hydroxylation sites is 1. The number of non-ortho nitro benzene ring substituents is 1. The maximum absolute atomic E-state index is 13.0. The van der Waals surface area contributed by atoms with E-state index in [9.17, 15) is 42.5 Å². The van der Waals surface area contributed by atoms with Crippen molar-refractivity contribution < 1.29 is 42.0 Å². The molecule has 1 saturated heterocycles. The minimum atomic E-state index is -4.70. The van der Waals surface area contributed by atoms with Crippen LogP contribution in [0.5, 0.6) is 0 Å². The molecule has 0 radical (unpaired) electrons. The summed E-state index contributed by atoms with van der Waals surface area (Å²) in [7, 11) is 0. The average molecular weight is 494 g/mol. The van der Waals surface area contributed by atoms with Gasteiger partial charge >= 0.3 is 12.1 Å². The molecule has 0 unspecified atom stereocenters. The molecule has 14 heteroatoms. The monoisotopic (exact) mass is 494 g/mol. The summed E-state index contributed by atoms with van der Waals surface area (Å²) in [6, 6.07) is 8.88. The second kappa shape index (κ2) is 10.2. The van der Waals surface area contributed by atoms with E-state index in [-0.39, 0.29) is 24.2 Å². The molecule has 2 aromatic carbocycles. The summed E-state index contributed by atoms with van der Waals surface area (Å²) in [6.45, 7) is -1.15. The van der Waals surface area contributed by atoms with Crippen molar-refractivity contribution in [1.82, 2.24) is 10.4 Å². The van der Waals surface area contributed by atoms with Crippen LogP contribution in [0.3, 0.4) is 0 Å². The van der Waals surface area contributed by atoms with Crippen molar-refractivity contribution in [2.75, 3.05) is 18.5 Å². The van der Waals surface area contributed by atoms with Gasteiger partial charge in [0.25, 0.3) is 17.5 Å². The van der Waals surface area contributed by atoms with Crippen molar-refractivity contribution in [1.29, 1.82) is 0 Å². The first-order chi connectivity index (χ1) is 16.5. The number of benzene rings is 2. The van der Waals surface area contributed by atoms with Gasteiger partial charge in [-0.2, -0.15) is 13.2 Å². The number of anilines is 1. The zero-order valence-electron chi connectivity index (χ0n) is 17.7. The quantitative estimate of drug-likeness (QED) is 0.341. The molecule has 2 N–H and O–H groups in total. The number of carbonyl (C=O) groups excluding carboxylic acids is 4. The summed E-state index contributed by atoms with van der Waals surface area (Å²) in [6.07, 6.45) is -5.04. The summed E-state index contributed by atoms with van der Waals surface area (Å²) in [5.74, 6) is -4.36. The number of hydrazine groups is 1. The summed E-state index contributed by atoms with van der Waals surface area (Å²) in [5, 5.41) is 13.6. The van der Waals surface area contributed by atoms with Crippen LogP contribution >= 0.6 is 0 Å². The van der Waals surface area contributed by atoms with Crippen molar-refractivity contribution in [3.63, 3.8) is 0 Å². The SMILES string of the molecule is O=C(COC(=O)[C@@H]1CC(=O)N(NC(=O)c2ccc([N+](=O)[O-])cc2)C1)Nc1ccccc1C(F)(F)F. The van der Waals surface area contributed by atoms with Gasteiger partial charge in [-0.25, -0.2) is 0 Å². The number of nitro groups is 1. The number of alkyl halides is 3. The highest BCUT2D eigenvalue weighted by atomic mass is 19.4. The maximum atomic E-state index is 13.0. The van der Waals surface area contributed by atoms with Gasteiger partial charge in [0.1, 0.15) is 0 Å². The predicted octanol–water partition coefficient (Wildman–Crippen LogP) is 2.29. The molecule has 35 heavy (non-hydrogen) atoms. The maximum Gasteiger partial charge on any atom is 0.418 e. The lowest BCUT2D eigenvalue weighted by Crippen LogP contribution is -2.43. The number of hydrogen-bond acceptors (Lipinski definition) is 7. The number of rotatable bonds is 7. The molecule has 1 atom stereocenters. The molecule has 1 aliphatic rings. The molecule has 3 amide bonds. The van der Waals surface area contributed by atoms with Crippen LogP contribution in [0.4, 0.5) is 24.5 Å². The van der Waals surface area contributed by atoms with Gasteiger partial charge in [0.15, 0.2) is 6.61 Å². The lowest BCUT2D eigenvalue weighted by Gasteiger charge is -2.17. The molecule has 0 saturated carbocycles. The summed E-state index contributed by atoms with van der Waals surface area (Å²) in [4.78, 5) is 58.7.